The summed E-state index contributed by atoms with van der Waals surface area (Å²) in [5.41, 5.74) is 0.478. The number of hydrogen-bond donors (Lipinski definition) is 4. The monoisotopic (exact) mass is 501 g/mol. The summed E-state index contributed by atoms with van der Waals surface area (Å²) in [5, 5.41) is 33.4. The van der Waals surface area contributed by atoms with Gasteiger partial charge in [-0.25, -0.2) is 4.57 Å². The van der Waals surface area contributed by atoms with Crippen molar-refractivity contribution in [1.29, 1.82) is 0 Å². The van der Waals surface area contributed by atoms with Crippen molar-refractivity contribution in [1.82, 2.24) is 5.32 Å². The number of carbonyl (C=O) groups excluding carboxylic acids is 1. The summed E-state index contributed by atoms with van der Waals surface area (Å²) in [5.74, 6) is -1.90. The van der Waals surface area contributed by atoms with E-state index in [1.54, 1.807) is 6.08 Å². The van der Waals surface area contributed by atoms with Crippen LogP contribution in [0.1, 0.15) is 39.5 Å². The maximum atomic E-state index is 13.6. The molecule has 2 aliphatic heterocycles. The van der Waals surface area contributed by atoms with Gasteiger partial charge in [-0.3, -0.25) is 13.8 Å². The number of rotatable bonds is 10. The normalized spacial score (nSPS) is 32.4. The molecule has 6 atom stereocenters. The third-order valence-electron chi connectivity index (χ3n) is 6.27. The van der Waals surface area contributed by atoms with Crippen LogP contribution in [0.15, 0.2) is 35.0 Å². The highest BCUT2D eigenvalue weighted by molar-refractivity contribution is 7.48. The number of fused-ring (bicyclic) bond motifs is 4. The molecular weight excluding hydrogens is 469 g/mol. The average molecular weight is 501 g/mol. The lowest BCUT2D eigenvalue weighted by molar-refractivity contribution is -0.131. The Hall–Kier alpha value is -1.88. The van der Waals surface area contributed by atoms with Crippen LogP contribution in [0.4, 0.5) is 0 Å². The van der Waals surface area contributed by atoms with Crippen LogP contribution in [0.25, 0.3) is 0 Å². The molecule has 12 heteroatoms. The Morgan fingerprint density at radius 1 is 1.06 bits per heavy atom. The molecule has 4 aliphatic rings. The Labute approximate surface area is 198 Å². The van der Waals surface area contributed by atoms with Crippen molar-refractivity contribution in [3.8, 4) is 0 Å². The highest BCUT2D eigenvalue weighted by Gasteiger charge is 2.54. The molecule has 0 aromatic carbocycles. The largest absolute Gasteiger partial charge is 0.529 e. The van der Waals surface area contributed by atoms with Gasteiger partial charge in [0.15, 0.2) is 11.5 Å². The van der Waals surface area contributed by atoms with E-state index in [1.165, 1.54) is 6.08 Å². The number of phosphoric acid groups is 1. The minimum atomic E-state index is -4.12. The Morgan fingerprint density at radius 2 is 1.74 bits per heavy atom. The summed E-state index contributed by atoms with van der Waals surface area (Å²) in [4.78, 5) is 13.2. The van der Waals surface area contributed by atoms with Crippen molar-refractivity contribution >= 4 is 13.7 Å². The van der Waals surface area contributed by atoms with Gasteiger partial charge >= 0.3 is 7.82 Å². The van der Waals surface area contributed by atoms with Crippen molar-refractivity contribution in [2.45, 2.75) is 63.9 Å². The lowest BCUT2D eigenvalue weighted by Crippen LogP contribution is -2.62. The average Bonchev–Trinajstić information content (AvgIpc) is 3.28. The van der Waals surface area contributed by atoms with Gasteiger partial charge in [-0.1, -0.05) is 32.8 Å². The zero-order chi connectivity index (χ0) is 24.5. The summed E-state index contributed by atoms with van der Waals surface area (Å²) < 4.78 is 41.6. The van der Waals surface area contributed by atoms with Gasteiger partial charge in [0.2, 0.25) is 18.5 Å². The molecule has 190 valence electrons. The Morgan fingerprint density at radius 3 is 2.38 bits per heavy atom. The first-order valence-corrected chi connectivity index (χ1v) is 13.1. The number of amides is 1. The van der Waals surface area contributed by atoms with E-state index < -0.39 is 49.9 Å². The lowest BCUT2D eigenvalue weighted by Gasteiger charge is -2.45. The second kappa shape index (κ2) is 10.4. The molecule has 0 radical (unpaired) electrons. The molecule has 34 heavy (non-hydrogen) atoms. The maximum Gasteiger partial charge on any atom is 0.529 e. The molecule has 0 bridgehead atoms. The second-order valence-corrected chi connectivity index (χ2v) is 10.3. The van der Waals surface area contributed by atoms with Crippen molar-refractivity contribution in [3.05, 3.63) is 35.0 Å². The third-order valence-corrected chi connectivity index (χ3v) is 7.69. The lowest BCUT2D eigenvalue weighted by atomic mass is 9.70. The first kappa shape index (κ1) is 25.2. The van der Waals surface area contributed by atoms with E-state index >= 15 is 0 Å². The fraction of sp³-hybridized carbons (Fsp3) is 0.682. The molecule has 2 heterocycles. The fourth-order valence-corrected chi connectivity index (χ4v) is 5.74. The number of aliphatic hydroxyl groups is 3. The van der Waals surface area contributed by atoms with Crippen LogP contribution in [-0.4, -0.2) is 65.6 Å². The van der Waals surface area contributed by atoms with E-state index in [-0.39, 0.29) is 37.3 Å². The van der Waals surface area contributed by atoms with E-state index in [0.717, 1.165) is 12.8 Å². The fourth-order valence-electron chi connectivity index (χ4n) is 4.42. The predicted molar refractivity (Wildman–Crippen MR) is 118 cm³/mol. The standard InChI is InChI=1S/C22H32NO10P/c1-3-5-7-31-34(28,32-8-6-4-2)33-21-16-12(10-15-20(21)30-11-29-15)13-9-14(24)18(25)19(26)17(13)23-22(16)27/h9-10,12,14,16-19,24-26H,3-8,11H2,1-2H3,(H,23,27). The number of ether oxygens (including phenoxy) is 2. The molecule has 0 spiro atoms. The number of allylic oxidation sites excluding steroid dienone is 1. The number of piperidine rings is 1. The topological polar surface area (TPSA) is 153 Å². The molecule has 11 nitrogen and oxygen atoms in total. The molecular formula is C22H32NO10P. The zero-order valence-corrected chi connectivity index (χ0v) is 20.1. The van der Waals surface area contributed by atoms with Crippen molar-refractivity contribution < 1.29 is 47.7 Å². The van der Waals surface area contributed by atoms with Crippen LogP contribution >= 0.6 is 7.82 Å². The summed E-state index contributed by atoms with van der Waals surface area (Å²) in [6.07, 6.45) is 1.77. The third kappa shape index (κ3) is 4.78. The van der Waals surface area contributed by atoms with Crippen LogP contribution in [-0.2, 0) is 32.4 Å². The van der Waals surface area contributed by atoms with Crippen LogP contribution in [0.3, 0.4) is 0 Å². The minimum absolute atomic E-state index is 0.0525. The number of carbonyl (C=O) groups is 1. The van der Waals surface area contributed by atoms with Gasteiger partial charge in [-0.15, -0.1) is 0 Å². The Balaban J connectivity index is 1.69. The van der Waals surface area contributed by atoms with Gasteiger partial charge in [0.1, 0.15) is 24.2 Å². The molecule has 4 rings (SSSR count). The molecule has 2 saturated heterocycles. The smallest absolute Gasteiger partial charge is 0.454 e. The number of hydrogen-bond acceptors (Lipinski definition) is 10. The van der Waals surface area contributed by atoms with Crippen LogP contribution in [0, 0.1) is 11.8 Å². The number of phosphoric ester groups is 1. The minimum Gasteiger partial charge on any atom is -0.454 e. The molecule has 0 aromatic heterocycles. The second-order valence-electron chi connectivity index (χ2n) is 8.67. The van der Waals surface area contributed by atoms with Gasteiger partial charge in [-0.05, 0) is 24.5 Å². The quantitative estimate of drug-likeness (QED) is 0.197. The van der Waals surface area contributed by atoms with Crippen molar-refractivity contribution in [2.75, 3.05) is 20.0 Å². The summed E-state index contributed by atoms with van der Waals surface area (Å²) in [6, 6.07) is -0.914. The van der Waals surface area contributed by atoms with Crippen molar-refractivity contribution in [2.24, 2.45) is 11.8 Å². The summed E-state index contributed by atoms with van der Waals surface area (Å²) in [7, 11) is -4.12. The Bertz CT molecular complexity index is 917. The molecule has 2 fully saturated rings. The van der Waals surface area contributed by atoms with Gasteiger partial charge in [0.25, 0.3) is 0 Å². The van der Waals surface area contributed by atoms with Gasteiger partial charge in [-0.2, -0.15) is 0 Å². The number of aliphatic hydroxyl groups excluding tert-OH is 3. The van der Waals surface area contributed by atoms with E-state index in [0.29, 0.717) is 18.4 Å². The SMILES string of the molecule is CCCCOP(=O)(OCCCC)OC1=C2OCOC2=CC2C3=CC(O)C(O)C(O)C3NC(=O)C12. The maximum absolute atomic E-state index is 13.6. The van der Waals surface area contributed by atoms with Gasteiger partial charge < -0.3 is 34.6 Å². The van der Waals surface area contributed by atoms with E-state index in [2.05, 4.69) is 5.32 Å². The molecule has 2 aliphatic carbocycles. The molecule has 6 unspecified atom stereocenters. The van der Waals surface area contributed by atoms with E-state index in [9.17, 15) is 24.7 Å². The highest BCUT2D eigenvalue weighted by Crippen LogP contribution is 2.56. The van der Waals surface area contributed by atoms with Gasteiger partial charge in [0, 0.05) is 5.92 Å². The van der Waals surface area contributed by atoms with Crippen LogP contribution in [0.2, 0.25) is 0 Å². The van der Waals surface area contributed by atoms with Crippen LogP contribution in [0.5, 0.6) is 0 Å². The molecule has 0 aromatic rings. The summed E-state index contributed by atoms with van der Waals surface area (Å²) >= 11 is 0. The first-order chi connectivity index (χ1) is 16.3. The van der Waals surface area contributed by atoms with Crippen molar-refractivity contribution in [3.63, 3.8) is 0 Å². The molecule has 1 amide bonds. The van der Waals surface area contributed by atoms with E-state index in [4.69, 9.17) is 23.0 Å². The highest BCUT2D eigenvalue weighted by atomic mass is 31.2. The van der Waals surface area contributed by atoms with E-state index in [1.807, 2.05) is 13.8 Å². The first-order valence-electron chi connectivity index (χ1n) is 11.7. The zero-order valence-electron chi connectivity index (χ0n) is 19.2. The predicted octanol–water partition coefficient (Wildman–Crippen LogP) is 1.61. The summed E-state index contributed by atoms with van der Waals surface area (Å²) in [6.45, 7) is 4.09. The van der Waals surface area contributed by atoms with Crippen LogP contribution < -0.4 is 5.32 Å². The number of unbranched alkanes of at least 4 members (excludes halogenated alkanes) is 2. The molecule has 4 N–H and O–H groups in total. The number of nitrogens with one attached hydrogen (secondary N) is 1. The Kier molecular flexibility index (Phi) is 7.71. The van der Waals surface area contributed by atoms with Gasteiger partial charge in [0.05, 0.1) is 19.3 Å². The molecule has 0 saturated carbocycles.